The molecule has 1 aliphatic rings. The lowest BCUT2D eigenvalue weighted by molar-refractivity contribution is 0.00578. The number of hydrogen-bond acceptors (Lipinski definition) is 5. The summed E-state index contributed by atoms with van der Waals surface area (Å²) in [5.41, 5.74) is 2.00. The minimum atomic E-state index is -0.609. The molecule has 1 amide bonds. The van der Waals surface area contributed by atoms with Gasteiger partial charge in [-0.1, -0.05) is 6.08 Å². The number of carbonyl (C=O) groups is 1. The van der Waals surface area contributed by atoms with E-state index in [9.17, 15) is 9.90 Å². The van der Waals surface area contributed by atoms with Crippen molar-refractivity contribution >= 4 is 19.3 Å². The number of aromatic hydroxyl groups is 1. The smallest absolute Gasteiger partial charge is 0.492 e. The zero-order valence-electron chi connectivity index (χ0n) is 19.1. The number of ether oxygens (including phenoxy) is 1. The topological polar surface area (TPSA) is 77.0 Å². The van der Waals surface area contributed by atoms with Crippen LogP contribution in [0.15, 0.2) is 17.6 Å². The SMILES string of the molecule is Cc1cc(O)cc(C)c1C=C(CNC(=O)OC(C)(C)C)B1OC(C)(C)C(C)(C)O1. The van der Waals surface area contributed by atoms with Gasteiger partial charge >= 0.3 is 13.2 Å². The highest BCUT2D eigenvalue weighted by Gasteiger charge is 2.52. The van der Waals surface area contributed by atoms with Crippen LogP contribution in [0.2, 0.25) is 0 Å². The third-order valence-corrected chi connectivity index (χ3v) is 5.30. The molecule has 0 atom stereocenters. The van der Waals surface area contributed by atoms with Crippen molar-refractivity contribution in [1.29, 1.82) is 0 Å². The van der Waals surface area contributed by atoms with Crippen LogP contribution in [0.3, 0.4) is 0 Å². The van der Waals surface area contributed by atoms with E-state index >= 15 is 0 Å². The monoisotopic (exact) mass is 403 g/mol. The summed E-state index contributed by atoms with van der Waals surface area (Å²) in [6, 6.07) is 3.42. The molecular weight excluding hydrogens is 369 g/mol. The molecule has 2 rings (SSSR count). The van der Waals surface area contributed by atoms with Gasteiger partial charge in [-0.2, -0.15) is 0 Å². The first-order valence-electron chi connectivity index (χ1n) is 9.94. The number of phenols is 1. The van der Waals surface area contributed by atoms with Crippen LogP contribution < -0.4 is 5.32 Å². The van der Waals surface area contributed by atoms with Gasteiger partial charge in [-0.15, -0.1) is 0 Å². The summed E-state index contributed by atoms with van der Waals surface area (Å²) in [6.07, 6.45) is 1.46. The van der Waals surface area contributed by atoms with Crippen molar-refractivity contribution in [1.82, 2.24) is 5.32 Å². The summed E-state index contributed by atoms with van der Waals surface area (Å²) in [5, 5.41) is 12.6. The van der Waals surface area contributed by atoms with E-state index in [1.165, 1.54) is 0 Å². The minimum Gasteiger partial charge on any atom is -0.508 e. The van der Waals surface area contributed by atoms with E-state index in [1.807, 2.05) is 68.4 Å². The van der Waals surface area contributed by atoms with Crippen LogP contribution in [-0.2, 0) is 14.0 Å². The molecule has 1 aromatic carbocycles. The second kappa shape index (κ2) is 8.03. The molecule has 1 fully saturated rings. The zero-order chi connectivity index (χ0) is 22.2. The summed E-state index contributed by atoms with van der Waals surface area (Å²) in [4.78, 5) is 12.2. The molecule has 0 bridgehead atoms. The summed E-state index contributed by atoms with van der Waals surface area (Å²) >= 11 is 0. The third kappa shape index (κ3) is 5.76. The molecule has 0 spiro atoms. The average Bonchev–Trinajstić information content (AvgIpc) is 2.71. The van der Waals surface area contributed by atoms with Gasteiger partial charge in [-0.25, -0.2) is 4.79 Å². The summed E-state index contributed by atoms with van der Waals surface area (Å²) in [7, 11) is -0.609. The number of rotatable bonds is 4. The molecule has 1 saturated heterocycles. The van der Waals surface area contributed by atoms with Gasteiger partial charge in [0.05, 0.1) is 11.2 Å². The van der Waals surface area contributed by atoms with Crippen molar-refractivity contribution < 1.29 is 23.9 Å². The van der Waals surface area contributed by atoms with Crippen molar-refractivity contribution in [2.75, 3.05) is 6.54 Å². The Labute approximate surface area is 174 Å². The van der Waals surface area contributed by atoms with Crippen LogP contribution in [0.25, 0.3) is 6.08 Å². The molecule has 1 heterocycles. The number of amides is 1. The number of alkyl carbamates (subject to hydrolysis) is 1. The maximum atomic E-state index is 12.2. The van der Waals surface area contributed by atoms with Crippen molar-refractivity contribution in [3.8, 4) is 5.75 Å². The van der Waals surface area contributed by atoms with E-state index in [-0.39, 0.29) is 12.3 Å². The van der Waals surface area contributed by atoms with Gasteiger partial charge in [0.2, 0.25) is 0 Å². The molecule has 0 radical (unpaired) electrons. The van der Waals surface area contributed by atoms with Crippen LogP contribution in [0.4, 0.5) is 4.79 Å². The number of aryl methyl sites for hydroxylation is 2. The first-order chi connectivity index (χ1) is 13.1. The average molecular weight is 403 g/mol. The number of nitrogens with one attached hydrogen (secondary N) is 1. The van der Waals surface area contributed by atoms with Crippen LogP contribution in [0, 0.1) is 13.8 Å². The fourth-order valence-corrected chi connectivity index (χ4v) is 3.05. The third-order valence-electron chi connectivity index (χ3n) is 5.30. The molecular formula is C22H34BNO5. The van der Waals surface area contributed by atoms with Gasteiger partial charge < -0.3 is 24.5 Å². The van der Waals surface area contributed by atoms with Crippen molar-refractivity contribution in [3.63, 3.8) is 0 Å². The van der Waals surface area contributed by atoms with Gasteiger partial charge in [-0.3, -0.25) is 0 Å². The molecule has 0 aliphatic carbocycles. The maximum absolute atomic E-state index is 12.2. The molecule has 1 aliphatic heterocycles. The molecule has 0 saturated carbocycles. The highest BCUT2D eigenvalue weighted by Crippen LogP contribution is 2.39. The normalized spacial score (nSPS) is 18.7. The van der Waals surface area contributed by atoms with E-state index in [4.69, 9.17) is 14.0 Å². The van der Waals surface area contributed by atoms with Gasteiger partial charge in [-0.05, 0) is 96.6 Å². The lowest BCUT2D eigenvalue weighted by Crippen LogP contribution is -2.41. The number of hydrogen-bond donors (Lipinski definition) is 2. The largest absolute Gasteiger partial charge is 0.508 e. The predicted octanol–water partition coefficient (Wildman–Crippen LogP) is 4.55. The van der Waals surface area contributed by atoms with Crippen LogP contribution in [-0.4, -0.2) is 41.7 Å². The van der Waals surface area contributed by atoms with Gasteiger partial charge in [0.15, 0.2) is 0 Å². The summed E-state index contributed by atoms with van der Waals surface area (Å²) < 4.78 is 17.8. The molecule has 29 heavy (non-hydrogen) atoms. The van der Waals surface area contributed by atoms with Crippen LogP contribution >= 0.6 is 0 Å². The molecule has 1 aromatic rings. The van der Waals surface area contributed by atoms with Gasteiger partial charge in [0.1, 0.15) is 11.4 Å². The Kier molecular flexibility index (Phi) is 6.45. The predicted molar refractivity (Wildman–Crippen MR) is 116 cm³/mol. The second-order valence-corrected chi connectivity index (χ2v) is 9.66. The fourth-order valence-electron chi connectivity index (χ4n) is 3.05. The number of carbonyl (C=O) groups excluding carboxylic acids is 1. The molecule has 7 heteroatoms. The lowest BCUT2D eigenvalue weighted by Gasteiger charge is -2.32. The Balaban J connectivity index is 2.36. The van der Waals surface area contributed by atoms with Gasteiger partial charge in [0, 0.05) is 6.54 Å². The maximum Gasteiger partial charge on any atom is 0.492 e. The zero-order valence-corrected chi connectivity index (χ0v) is 19.1. The van der Waals surface area contributed by atoms with E-state index in [2.05, 4.69) is 5.32 Å². The van der Waals surface area contributed by atoms with E-state index < -0.39 is 30.0 Å². The Morgan fingerprint density at radius 1 is 1.14 bits per heavy atom. The summed E-state index contributed by atoms with van der Waals surface area (Å²) in [5.74, 6) is 0.223. The summed E-state index contributed by atoms with van der Waals surface area (Å²) in [6.45, 7) is 17.5. The Bertz CT molecular complexity index is 769. The van der Waals surface area contributed by atoms with Crippen LogP contribution in [0.5, 0.6) is 5.75 Å². The Hall–Kier alpha value is -1.99. The lowest BCUT2D eigenvalue weighted by atomic mass is 9.76. The van der Waals surface area contributed by atoms with E-state index in [1.54, 1.807) is 12.1 Å². The standard InChI is InChI=1S/C22H34BNO5/c1-14-10-17(25)11-15(2)18(14)12-16(13-24-19(26)27-20(3,4)5)23-28-21(6,7)22(8,9)29-23/h10-12,25H,13H2,1-9H3,(H,24,26). The van der Waals surface area contributed by atoms with E-state index in [0.717, 1.165) is 22.2 Å². The van der Waals surface area contributed by atoms with Crippen molar-refractivity contribution in [2.24, 2.45) is 0 Å². The molecule has 0 aromatic heterocycles. The quantitative estimate of drug-likeness (QED) is 0.722. The Morgan fingerprint density at radius 2 is 1.62 bits per heavy atom. The van der Waals surface area contributed by atoms with Crippen molar-refractivity contribution in [2.45, 2.75) is 79.1 Å². The first kappa shape index (κ1) is 23.3. The second-order valence-electron chi connectivity index (χ2n) is 9.66. The number of benzene rings is 1. The molecule has 160 valence electrons. The number of phenolic OH excluding ortho intramolecular Hbond substituents is 1. The molecule has 6 nitrogen and oxygen atoms in total. The fraction of sp³-hybridized carbons (Fsp3) is 0.591. The minimum absolute atomic E-state index is 0.214. The van der Waals surface area contributed by atoms with Gasteiger partial charge in [0.25, 0.3) is 0 Å². The van der Waals surface area contributed by atoms with Crippen LogP contribution in [0.1, 0.15) is 65.2 Å². The van der Waals surface area contributed by atoms with Crippen molar-refractivity contribution in [3.05, 3.63) is 34.3 Å². The molecule has 2 N–H and O–H groups in total. The highest BCUT2D eigenvalue weighted by atomic mass is 16.7. The first-order valence-corrected chi connectivity index (χ1v) is 9.94. The highest BCUT2D eigenvalue weighted by molar-refractivity contribution is 6.56. The molecule has 0 unspecified atom stereocenters. The Morgan fingerprint density at radius 3 is 2.07 bits per heavy atom. The van der Waals surface area contributed by atoms with E-state index in [0.29, 0.717) is 0 Å².